The van der Waals surface area contributed by atoms with Crippen LogP contribution in [0.25, 0.3) is 0 Å². The van der Waals surface area contributed by atoms with Gasteiger partial charge in [0.2, 0.25) is 5.88 Å². The summed E-state index contributed by atoms with van der Waals surface area (Å²) in [6, 6.07) is 8.08. The third-order valence-corrected chi connectivity index (χ3v) is 2.77. The average molecular weight is 243 g/mol. The van der Waals surface area contributed by atoms with Crippen molar-refractivity contribution in [3.8, 4) is 5.88 Å². The monoisotopic (exact) mass is 243 g/mol. The van der Waals surface area contributed by atoms with E-state index in [1.54, 1.807) is 19.5 Å². The molecule has 0 saturated carbocycles. The molecule has 0 spiro atoms. The fraction of sp³-hybridized carbons (Fsp3) is 0.286. The Morgan fingerprint density at radius 1 is 1.28 bits per heavy atom. The number of aryl methyl sites for hydroxylation is 1. The molecule has 1 heterocycles. The molecular weight excluding hydrogens is 226 g/mol. The summed E-state index contributed by atoms with van der Waals surface area (Å²) < 4.78 is 5.17. The van der Waals surface area contributed by atoms with Crippen molar-refractivity contribution in [1.29, 1.82) is 0 Å². The lowest BCUT2D eigenvalue weighted by atomic mass is 10.0. The lowest BCUT2D eigenvalue weighted by Gasteiger charge is -2.13. The van der Waals surface area contributed by atoms with Crippen LogP contribution < -0.4 is 10.5 Å². The number of hydrogen-bond acceptors (Lipinski definition) is 4. The summed E-state index contributed by atoms with van der Waals surface area (Å²) in [4.78, 5) is 8.37. The van der Waals surface area contributed by atoms with E-state index in [-0.39, 0.29) is 6.04 Å². The highest BCUT2D eigenvalue weighted by Crippen LogP contribution is 2.21. The van der Waals surface area contributed by atoms with Gasteiger partial charge in [-0.2, -0.15) is 0 Å². The van der Waals surface area contributed by atoms with Crippen LogP contribution in [0.4, 0.5) is 0 Å². The highest BCUT2D eigenvalue weighted by atomic mass is 16.5. The van der Waals surface area contributed by atoms with Gasteiger partial charge in [0.25, 0.3) is 0 Å². The Morgan fingerprint density at radius 2 is 2.06 bits per heavy atom. The maximum Gasteiger partial charge on any atom is 0.236 e. The molecule has 0 amide bonds. The zero-order chi connectivity index (χ0) is 13.0. The van der Waals surface area contributed by atoms with Crippen molar-refractivity contribution in [2.45, 2.75) is 19.4 Å². The second kappa shape index (κ2) is 5.60. The van der Waals surface area contributed by atoms with Crippen molar-refractivity contribution in [3.63, 3.8) is 0 Å². The van der Waals surface area contributed by atoms with E-state index in [4.69, 9.17) is 10.5 Å². The third-order valence-electron chi connectivity index (χ3n) is 2.77. The number of nitrogens with two attached hydrogens (primary N) is 1. The first kappa shape index (κ1) is 12.5. The van der Waals surface area contributed by atoms with Gasteiger partial charge in [-0.1, -0.05) is 29.8 Å². The maximum absolute atomic E-state index is 6.17. The number of methoxy groups -OCH3 is 1. The molecule has 4 nitrogen and oxygen atoms in total. The van der Waals surface area contributed by atoms with Gasteiger partial charge in [-0.05, 0) is 18.9 Å². The fourth-order valence-electron chi connectivity index (χ4n) is 1.94. The van der Waals surface area contributed by atoms with Crippen LogP contribution in [-0.4, -0.2) is 17.1 Å². The summed E-state index contributed by atoms with van der Waals surface area (Å²) in [5, 5.41) is 0. The van der Waals surface area contributed by atoms with E-state index in [0.29, 0.717) is 11.6 Å². The lowest BCUT2D eigenvalue weighted by Crippen LogP contribution is -2.16. The third kappa shape index (κ3) is 2.84. The van der Waals surface area contributed by atoms with Crippen LogP contribution in [-0.2, 0) is 6.42 Å². The zero-order valence-corrected chi connectivity index (χ0v) is 10.6. The number of aromatic nitrogens is 2. The van der Waals surface area contributed by atoms with Gasteiger partial charge in [0.1, 0.15) is 5.69 Å². The normalized spacial score (nSPS) is 12.2. The van der Waals surface area contributed by atoms with E-state index < -0.39 is 0 Å². The Morgan fingerprint density at radius 3 is 2.78 bits per heavy atom. The Bertz CT molecular complexity index is 528. The number of rotatable bonds is 4. The Kier molecular flexibility index (Phi) is 3.89. The predicted octanol–water partition coefficient (Wildman–Crippen LogP) is 2.04. The molecule has 4 heteroatoms. The molecule has 2 N–H and O–H groups in total. The molecule has 0 bridgehead atoms. The van der Waals surface area contributed by atoms with Gasteiger partial charge >= 0.3 is 0 Å². The molecule has 0 radical (unpaired) electrons. The van der Waals surface area contributed by atoms with Crippen LogP contribution >= 0.6 is 0 Å². The van der Waals surface area contributed by atoms with E-state index in [9.17, 15) is 0 Å². The molecule has 18 heavy (non-hydrogen) atoms. The molecule has 0 saturated heterocycles. The SMILES string of the molecule is COc1nccnc1C(N)Cc1cccc(C)c1. The molecule has 1 atom stereocenters. The first-order valence-electron chi connectivity index (χ1n) is 5.86. The van der Waals surface area contributed by atoms with E-state index in [0.717, 1.165) is 6.42 Å². The summed E-state index contributed by atoms with van der Waals surface area (Å²) in [6.07, 6.45) is 3.95. The van der Waals surface area contributed by atoms with Gasteiger partial charge in [-0.3, -0.25) is 4.98 Å². The minimum Gasteiger partial charge on any atom is -0.480 e. The smallest absolute Gasteiger partial charge is 0.236 e. The first-order chi connectivity index (χ1) is 8.70. The number of nitrogens with zero attached hydrogens (tertiary/aromatic N) is 2. The molecular formula is C14H17N3O. The summed E-state index contributed by atoms with van der Waals surface area (Å²) in [5.74, 6) is 0.498. The number of ether oxygens (including phenoxy) is 1. The molecule has 0 aliphatic carbocycles. The van der Waals surface area contributed by atoms with Crippen molar-refractivity contribution in [2.24, 2.45) is 5.73 Å². The summed E-state index contributed by atoms with van der Waals surface area (Å²) in [5.41, 5.74) is 9.28. The first-order valence-corrected chi connectivity index (χ1v) is 5.86. The summed E-state index contributed by atoms with van der Waals surface area (Å²) >= 11 is 0. The molecule has 2 rings (SSSR count). The Balaban J connectivity index is 2.19. The minimum atomic E-state index is -0.213. The molecule has 1 unspecified atom stereocenters. The summed E-state index contributed by atoms with van der Waals surface area (Å²) in [7, 11) is 1.58. The maximum atomic E-state index is 6.17. The van der Waals surface area contributed by atoms with E-state index in [1.165, 1.54) is 11.1 Å². The van der Waals surface area contributed by atoms with Crippen molar-refractivity contribution in [2.75, 3.05) is 7.11 Å². The van der Waals surface area contributed by atoms with Gasteiger partial charge < -0.3 is 10.5 Å². The van der Waals surface area contributed by atoms with Gasteiger partial charge in [0.05, 0.1) is 13.2 Å². The molecule has 0 fully saturated rings. The lowest BCUT2D eigenvalue weighted by molar-refractivity contribution is 0.384. The van der Waals surface area contributed by atoms with Crippen molar-refractivity contribution < 1.29 is 4.74 Å². The quantitative estimate of drug-likeness (QED) is 0.892. The molecule has 94 valence electrons. The van der Waals surface area contributed by atoms with Gasteiger partial charge in [0.15, 0.2) is 0 Å². The zero-order valence-electron chi connectivity index (χ0n) is 10.6. The van der Waals surface area contributed by atoms with Crippen LogP contribution in [0.2, 0.25) is 0 Å². The second-order valence-electron chi connectivity index (χ2n) is 4.25. The van der Waals surface area contributed by atoms with Crippen molar-refractivity contribution in [1.82, 2.24) is 9.97 Å². The largest absolute Gasteiger partial charge is 0.480 e. The van der Waals surface area contributed by atoms with E-state index in [2.05, 4.69) is 35.1 Å². The van der Waals surface area contributed by atoms with Crippen LogP contribution in [0, 0.1) is 6.92 Å². The molecule has 2 aromatic rings. The highest BCUT2D eigenvalue weighted by molar-refractivity contribution is 5.27. The van der Waals surface area contributed by atoms with Crippen LogP contribution in [0.1, 0.15) is 22.9 Å². The topological polar surface area (TPSA) is 61.0 Å². The Labute approximate surface area is 107 Å². The minimum absolute atomic E-state index is 0.213. The summed E-state index contributed by atoms with van der Waals surface area (Å²) in [6.45, 7) is 2.07. The van der Waals surface area contributed by atoms with Gasteiger partial charge in [-0.15, -0.1) is 0 Å². The fourth-order valence-corrected chi connectivity index (χ4v) is 1.94. The van der Waals surface area contributed by atoms with Crippen molar-refractivity contribution >= 4 is 0 Å². The molecule has 0 aliphatic heterocycles. The van der Waals surface area contributed by atoms with Crippen LogP contribution in [0.5, 0.6) is 5.88 Å². The highest BCUT2D eigenvalue weighted by Gasteiger charge is 2.14. The second-order valence-corrected chi connectivity index (χ2v) is 4.25. The van der Waals surface area contributed by atoms with Crippen LogP contribution in [0.3, 0.4) is 0 Å². The number of hydrogen-bond donors (Lipinski definition) is 1. The predicted molar refractivity (Wildman–Crippen MR) is 70.4 cm³/mol. The van der Waals surface area contributed by atoms with E-state index in [1.807, 2.05) is 6.07 Å². The van der Waals surface area contributed by atoms with E-state index >= 15 is 0 Å². The standard InChI is InChI=1S/C14H17N3O/c1-10-4-3-5-11(8-10)9-12(15)13-14(18-2)17-7-6-16-13/h3-8,12H,9,15H2,1-2H3. The van der Waals surface area contributed by atoms with Crippen LogP contribution in [0.15, 0.2) is 36.7 Å². The van der Waals surface area contributed by atoms with Gasteiger partial charge in [0, 0.05) is 12.4 Å². The Hall–Kier alpha value is -1.94. The average Bonchev–Trinajstić information content (AvgIpc) is 2.38. The molecule has 1 aromatic heterocycles. The van der Waals surface area contributed by atoms with Gasteiger partial charge in [-0.25, -0.2) is 4.98 Å². The van der Waals surface area contributed by atoms with Crippen molar-refractivity contribution in [3.05, 3.63) is 53.5 Å². The molecule has 1 aromatic carbocycles. The molecule has 0 aliphatic rings. The number of benzene rings is 1.